The van der Waals surface area contributed by atoms with Crippen LogP contribution in [0.5, 0.6) is 0 Å². The Morgan fingerprint density at radius 3 is 2.76 bits per heavy atom. The predicted molar refractivity (Wildman–Crippen MR) is 86.5 cm³/mol. The summed E-state index contributed by atoms with van der Waals surface area (Å²) in [7, 11) is -4.20. The Hall–Kier alpha value is -1.55. The van der Waals surface area contributed by atoms with Gasteiger partial charge in [0.2, 0.25) is 0 Å². The molecule has 12 nitrogen and oxygen atoms in total. The number of imidazole rings is 1. The zero-order valence-corrected chi connectivity index (χ0v) is 14.5. The maximum atomic E-state index is 10.9. The molecule has 1 saturated heterocycles. The molecule has 0 amide bonds. The fraction of sp³-hybridized carbons (Fsp3) is 0.545. The van der Waals surface area contributed by atoms with Gasteiger partial charge in [0.25, 0.3) is 0 Å². The molecule has 0 aromatic carbocycles. The van der Waals surface area contributed by atoms with E-state index in [1.165, 1.54) is 22.7 Å². The first kappa shape index (κ1) is 18.2. The lowest BCUT2D eigenvalue weighted by atomic mass is 10.1. The van der Waals surface area contributed by atoms with E-state index in [0.29, 0.717) is 16.3 Å². The number of aliphatic hydroxyl groups excluding tert-OH is 2. The van der Waals surface area contributed by atoms with Gasteiger partial charge >= 0.3 is 10.3 Å². The van der Waals surface area contributed by atoms with E-state index in [2.05, 4.69) is 19.1 Å². The lowest BCUT2D eigenvalue weighted by Crippen LogP contribution is -2.35. The van der Waals surface area contributed by atoms with Crippen LogP contribution >= 0.6 is 11.8 Å². The summed E-state index contributed by atoms with van der Waals surface area (Å²) in [4.78, 5) is 12.4. The van der Waals surface area contributed by atoms with Gasteiger partial charge in [-0.05, 0) is 6.26 Å². The van der Waals surface area contributed by atoms with E-state index in [1.54, 1.807) is 6.26 Å². The van der Waals surface area contributed by atoms with Crippen molar-refractivity contribution in [3.05, 3.63) is 6.33 Å². The van der Waals surface area contributed by atoms with Crippen LogP contribution in [0.15, 0.2) is 11.5 Å². The first-order chi connectivity index (χ1) is 11.7. The average Bonchev–Trinajstić information content (AvgIpc) is 3.08. The third-order valence-corrected chi connectivity index (χ3v) is 4.63. The number of rotatable bonds is 5. The van der Waals surface area contributed by atoms with Crippen LogP contribution in [0.2, 0.25) is 0 Å². The summed E-state index contributed by atoms with van der Waals surface area (Å²) >= 11 is 1.27. The Bertz CT molecular complexity index is 889. The van der Waals surface area contributed by atoms with Crippen LogP contribution in [0, 0.1) is 0 Å². The molecular formula is C11H16N6O6S2. The van der Waals surface area contributed by atoms with Gasteiger partial charge in [0.1, 0.15) is 23.8 Å². The fourth-order valence-electron chi connectivity index (χ4n) is 2.45. The normalized spacial score (nSPS) is 27.2. The largest absolute Gasteiger partial charge is 0.387 e. The van der Waals surface area contributed by atoms with Crippen molar-refractivity contribution in [1.82, 2.24) is 19.5 Å². The number of hydrogen-bond acceptors (Lipinski definition) is 11. The molecule has 0 spiro atoms. The number of nitrogen functional groups attached to an aromatic ring is 1. The second-order valence-electron chi connectivity index (χ2n) is 5.24. The molecule has 0 aliphatic carbocycles. The van der Waals surface area contributed by atoms with Gasteiger partial charge in [-0.15, -0.1) is 0 Å². The Labute approximate surface area is 146 Å². The van der Waals surface area contributed by atoms with E-state index in [0.717, 1.165) is 0 Å². The summed E-state index contributed by atoms with van der Waals surface area (Å²) in [6.07, 6.45) is -1.85. The number of aliphatic hydroxyl groups is 2. The Kier molecular flexibility index (Phi) is 4.84. The van der Waals surface area contributed by atoms with Gasteiger partial charge < -0.3 is 20.7 Å². The molecule has 1 aliphatic heterocycles. The highest BCUT2D eigenvalue weighted by molar-refractivity contribution is 7.98. The van der Waals surface area contributed by atoms with Gasteiger partial charge in [-0.3, -0.25) is 8.75 Å². The van der Waals surface area contributed by atoms with E-state index < -0.39 is 41.5 Å². The molecule has 0 radical (unpaired) electrons. The molecular weight excluding hydrogens is 376 g/mol. The van der Waals surface area contributed by atoms with Crippen LogP contribution in [0.1, 0.15) is 6.23 Å². The van der Waals surface area contributed by atoms with Crippen molar-refractivity contribution < 1.29 is 27.6 Å². The molecule has 0 saturated carbocycles. The highest BCUT2D eigenvalue weighted by atomic mass is 32.2. The van der Waals surface area contributed by atoms with Crippen LogP contribution in [0.4, 0.5) is 5.82 Å². The number of hydrogen-bond donors (Lipinski definition) is 4. The number of ether oxygens (including phenoxy) is 1. The molecule has 2 aromatic rings. The average molecular weight is 392 g/mol. The zero-order chi connectivity index (χ0) is 18.4. The fourth-order valence-corrected chi connectivity index (χ4v) is 3.14. The molecule has 25 heavy (non-hydrogen) atoms. The first-order valence-corrected chi connectivity index (χ1v) is 9.63. The smallest absolute Gasteiger partial charge is 0.333 e. The number of aromatic nitrogens is 4. The third kappa shape index (κ3) is 3.55. The third-order valence-electron chi connectivity index (χ3n) is 3.62. The highest BCUT2D eigenvalue weighted by Crippen LogP contribution is 2.32. The standard InChI is InChI=1S/C11H16N6O6S2/c1-24-11-15-8(12)5-9(16-11)17(3-14-5)10-7(19)6(18)4(23-10)2-22-25(13,20)21/h3-4,6-7,10,18-19H,2H2,1H3,(H2,12,15,16)(H2,13,20,21)/t4-,6-,7-,10-/m1/s1. The molecule has 3 rings (SSSR count). The van der Waals surface area contributed by atoms with Gasteiger partial charge in [-0.2, -0.15) is 8.42 Å². The molecule has 1 aliphatic rings. The molecule has 1 fully saturated rings. The molecule has 3 heterocycles. The number of nitrogens with zero attached hydrogens (tertiary/aromatic N) is 4. The molecule has 14 heteroatoms. The van der Waals surface area contributed by atoms with E-state index >= 15 is 0 Å². The summed E-state index contributed by atoms with van der Waals surface area (Å²) in [6.45, 7) is -0.548. The number of anilines is 1. The molecule has 0 unspecified atom stereocenters. The predicted octanol–water partition coefficient (Wildman–Crippen LogP) is -2.03. The van der Waals surface area contributed by atoms with Gasteiger partial charge in [0.15, 0.2) is 22.8 Å². The van der Waals surface area contributed by atoms with Crippen molar-refractivity contribution in [1.29, 1.82) is 0 Å². The van der Waals surface area contributed by atoms with E-state index in [1.807, 2.05) is 0 Å². The van der Waals surface area contributed by atoms with Crippen LogP contribution in [-0.4, -0.2) is 69.3 Å². The lowest BCUT2D eigenvalue weighted by molar-refractivity contribution is -0.0467. The van der Waals surface area contributed by atoms with Crippen molar-refractivity contribution in [3.63, 3.8) is 0 Å². The summed E-state index contributed by atoms with van der Waals surface area (Å²) in [6, 6.07) is 0. The van der Waals surface area contributed by atoms with Crippen LogP contribution in [0.25, 0.3) is 11.2 Å². The van der Waals surface area contributed by atoms with E-state index in [9.17, 15) is 18.6 Å². The first-order valence-electron chi connectivity index (χ1n) is 6.94. The van der Waals surface area contributed by atoms with Gasteiger partial charge in [-0.25, -0.2) is 20.1 Å². The number of nitrogens with two attached hydrogens (primary N) is 2. The summed E-state index contributed by atoms with van der Waals surface area (Å²) in [5.74, 6) is 0.162. The highest BCUT2D eigenvalue weighted by Gasteiger charge is 2.45. The summed E-state index contributed by atoms with van der Waals surface area (Å²) in [5.41, 5.74) is 6.45. The number of thioether (sulfide) groups is 1. The van der Waals surface area contributed by atoms with Crippen molar-refractivity contribution in [2.45, 2.75) is 29.7 Å². The van der Waals surface area contributed by atoms with Gasteiger partial charge in [-0.1, -0.05) is 11.8 Å². The monoisotopic (exact) mass is 392 g/mol. The maximum absolute atomic E-state index is 10.9. The lowest BCUT2D eigenvalue weighted by Gasteiger charge is -2.16. The molecule has 4 atom stereocenters. The zero-order valence-electron chi connectivity index (χ0n) is 12.9. The van der Waals surface area contributed by atoms with Gasteiger partial charge in [0, 0.05) is 0 Å². The van der Waals surface area contributed by atoms with Crippen molar-refractivity contribution in [2.24, 2.45) is 5.14 Å². The Balaban J connectivity index is 1.91. The van der Waals surface area contributed by atoms with E-state index in [4.69, 9.17) is 15.6 Å². The van der Waals surface area contributed by atoms with Crippen molar-refractivity contribution in [3.8, 4) is 0 Å². The summed E-state index contributed by atoms with van der Waals surface area (Å²) < 4.78 is 33.1. The SMILES string of the molecule is CSc1nc(N)c2ncn([C@@H]3O[C@H](COS(N)(=O)=O)[C@@H](O)[C@H]3O)c2n1. The molecule has 2 aromatic heterocycles. The second-order valence-corrected chi connectivity index (χ2v) is 7.24. The van der Waals surface area contributed by atoms with Gasteiger partial charge in [0.05, 0.1) is 12.9 Å². The maximum Gasteiger partial charge on any atom is 0.333 e. The Morgan fingerprint density at radius 1 is 1.40 bits per heavy atom. The van der Waals surface area contributed by atoms with Crippen LogP contribution in [0.3, 0.4) is 0 Å². The number of fused-ring (bicyclic) bond motifs is 1. The topological polar surface area (TPSA) is 189 Å². The van der Waals surface area contributed by atoms with Crippen LogP contribution in [-0.2, 0) is 19.2 Å². The Morgan fingerprint density at radius 2 is 2.12 bits per heavy atom. The molecule has 0 bridgehead atoms. The van der Waals surface area contributed by atoms with E-state index in [-0.39, 0.29) is 5.82 Å². The minimum atomic E-state index is -4.20. The minimum absolute atomic E-state index is 0.162. The quantitative estimate of drug-likeness (QED) is 0.324. The summed E-state index contributed by atoms with van der Waals surface area (Å²) in [5, 5.41) is 25.5. The van der Waals surface area contributed by atoms with Crippen LogP contribution < -0.4 is 10.9 Å². The van der Waals surface area contributed by atoms with Crippen molar-refractivity contribution in [2.75, 3.05) is 18.6 Å². The van der Waals surface area contributed by atoms with Crippen molar-refractivity contribution >= 4 is 39.0 Å². The second kappa shape index (κ2) is 6.64. The molecule has 6 N–H and O–H groups in total. The minimum Gasteiger partial charge on any atom is -0.387 e. The molecule has 138 valence electrons.